The summed E-state index contributed by atoms with van der Waals surface area (Å²) < 4.78 is 5.03. The van der Waals surface area contributed by atoms with Gasteiger partial charge in [0.1, 0.15) is 11.8 Å². The highest BCUT2D eigenvalue weighted by atomic mass is 16.4. The molecule has 0 aliphatic rings. The van der Waals surface area contributed by atoms with Crippen LogP contribution in [-0.4, -0.2) is 28.2 Å². The maximum absolute atomic E-state index is 11.6. The first-order valence-corrected chi connectivity index (χ1v) is 5.65. The Morgan fingerprint density at radius 3 is 2.56 bits per heavy atom. The molecule has 2 atom stereocenters. The number of carbonyl (C=O) groups is 2. The molecule has 1 aromatic rings. The average Bonchev–Trinajstić information content (AvgIpc) is 2.76. The molecule has 3 N–H and O–H groups in total. The number of furan rings is 1. The second-order valence-electron chi connectivity index (χ2n) is 4.44. The van der Waals surface area contributed by atoms with Gasteiger partial charge in [0, 0.05) is 6.42 Å². The Labute approximate surface area is 105 Å². The summed E-state index contributed by atoms with van der Waals surface area (Å²) in [5.41, 5.74) is 0. The van der Waals surface area contributed by atoms with Crippen molar-refractivity contribution in [1.29, 1.82) is 0 Å². The van der Waals surface area contributed by atoms with Crippen LogP contribution in [0.15, 0.2) is 22.8 Å². The monoisotopic (exact) mass is 255 g/mol. The van der Waals surface area contributed by atoms with Gasteiger partial charge in [-0.1, -0.05) is 13.8 Å². The van der Waals surface area contributed by atoms with Crippen LogP contribution in [0.2, 0.25) is 0 Å². The molecule has 18 heavy (non-hydrogen) atoms. The maximum atomic E-state index is 11.6. The van der Waals surface area contributed by atoms with Gasteiger partial charge in [-0.2, -0.15) is 0 Å². The van der Waals surface area contributed by atoms with Gasteiger partial charge in [-0.25, -0.2) is 4.79 Å². The van der Waals surface area contributed by atoms with Crippen molar-refractivity contribution < 1.29 is 24.2 Å². The summed E-state index contributed by atoms with van der Waals surface area (Å²) in [5.74, 6) is -1.39. The zero-order valence-corrected chi connectivity index (χ0v) is 10.3. The summed E-state index contributed by atoms with van der Waals surface area (Å²) >= 11 is 0. The van der Waals surface area contributed by atoms with E-state index >= 15 is 0 Å². The fourth-order valence-electron chi connectivity index (χ4n) is 1.52. The van der Waals surface area contributed by atoms with E-state index in [-0.39, 0.29) is 24.0 Å². The van der Waals surface area contributed by atoms with Crippen molar-refractivity contribution in [2.45, 2.75) is 32.4 Å². The smallest absolute Gasteiger partial charge is 0.335 e. The fourth-order valence-corrected chi connectivity index (χ4v) is 1.52. The van der Waals surface area contributed by atoms with Gasteiger partial charge in [-0.15, -0.1) is 0 Å². The van der Waals surface area contributed by atoms with Crippen molar-refractivity contribution in [1.82, 2.24) is 5.32 Å². The summed E-state index contributed by atoms with van der Waals surface area (Å²) in [6.45, 7) is 3.74. The Morgan fingerprint density at radius 2 is 2.11 bits per heavy atom. The lowest BCUT2D eigenvalue weighted by Gasteiger charge is -2.20. The molecule has 1 aromatic heterocycles. The number of rotatable bonds is 6. The Balaban J connectivity index is 2.79. The van der Waals surface area contributed by atoms with E-state index in [4.69, 9.17) is 9.52 Å². The number of aliphatic hydroxyl groups is 1. The van der Waals surface area contributed by atoms with Crippen LogP contribution in [0.3, 0.4) is 0 Å². The molecule has 0 bridgehead atoms. The first-order valence-electron chi connectivity index (χ1n) is 5.65. The van der Waals surface area contributed by atoms with Crippen LogP contribution < -0.4 is 5.32 Å². The Kier molecular flexibility index (Phi) is 4.91. The predicted molar refractivity (Wildman–Crippen MR) is 62.7 cm³/mol. The summed E-state index contributed by atoms with van der Waals surface area (Å²) in [6, 6.07) is 1.99. The number of hydrogen-bond donors (Lipinski definition) is 3. The van der Waals surface area contributed by atoms with Crippen LogP contribution >= 0.6 is 0 Å². The van der Waals surface area contributed by atoms with Crippen molar-refractivity contribution >= 4 is 11.9 Å². The molecule has 1 heterocycles. The zero-order valence-electron chi connectivity index (χ0n) is 10.3. The number of hydrogen-bond acceptors (Lipinski definition) is 4. The van der Waals surface area contributed by atoms with Gasteiger partial charge in [-0.3, -0.25) is 4.79 Å². The second-order valence-corrected chi connectivity index (χ2v) is 4.44. The third-order valence-electron chi connectivity index (χ3n) is 2.33. The van der Waals surface area contributed by atoms with Crippen LogP contribution in [0.5, 0.6) is 0 Å². The molecule has 0 spiro atoms. The number of aliphatic carboxylic acids is 1. The Hall–Kier alpha value is -1.82. The van der Waals surface area contributed by atoms with Gasteiger partial charge in [0.2, 0.25) is 5.91 Å². The number of carboxylic acids is 1. The van der Waals surface area contributed by atoms with Gasteiger partial charge in [0.05, 0.1) is 6.26 Å². The summed E-state index contributed by atoms with van der Waals surface area (Å²) in [6.07, 6.45) is -0.137. The van der Waals surface area contributed by atoms with E-state index in [1.807, 2.05) is 13.8 Å². The quantitative estimate of drug-likeness (QED) is 0.702. The van der Waals surface area contributed by atoms with E-state index in [9.17, 15) is 14.7 Å². The normalized spacial score (nSPS) is 14.2. The molecule has 0 aromatic carbocycles. The molecule has 0 aliphatic heterocycles. The van der Waals surface area contributed by atoms with Crippen LogP contribution in [0, 0.1) is 5.92 Å². The highest BCUT2D eigenvalue weighted by molar-refractivity contribution is 5.79. The van der Waals surface area contributed by atoms with Crippen molar-refractivity contribution in [2.24, 2.45) is 5.92 Å². The number of aliphatic hydroxyl groups excluding tert-OH is 1. The van der Waals surface area contributed by atoms with Crippen molar-refractivity contribution in [3.63, 3.8) is 0 Å². The van der Waals surface area contributed by atoms with E-state index < -0.39 is 18.1 Å². The van der Waals surface area contributed by atoms with Gasteiger partial charge < -0.3 is 19.9 Å². The van der Waals surface area contributed by atoms with E-state index in [1.165, 1.54) is 12.3 Å². The van der Waals surface area contributed by atoms with E-state index in [0.29, 0.717) is 0 Å². The molecule has 0 radical (unpaired) electrons. The van der Waals surface area contributed by atoms with Crippen molar-refractivity contribution in [2.75, 3.05) is 0 Å². The van der Waals surface area contributed by atoms with Crippen LogP contribution in [0.1, 0.15) is 32.1 Å². The second kappa shape index (κ2) is 6.20. The number of amides is 1. The standard InChI is InChI=1S/C12H17NO5/c1-7(2)6-9(14)13-10(11(15)12(16)17)8-4-3-5-18-8/h3-5,7,10-11,15H,6H2,1-2H3,(H,13,14)(H,16,17)/t10-,11+/m0/s1. The SMILES string of the molecule is CC(C)CC(=O)N[C@@H](c1ccco1)[C@@H](O)C(=O)O. The summed E-state index contributed by atoms with van der Waals surface area (Å²) in [5, 5.41) is 20.8. The highest BCUT2D eigenvalue weighted by Gasteiger charge is 2.30. The predicted octanol–water partition coefficient (Wildman–Crippen LogP) is 0.929. The van der Waals surface area contributed by atoms with Crippen LogP contribution in [-0.2, 0) is 9.59 Å². The summed E-state index contributed by atoms with van der Waals surface area (Å²) in [7, 11) is 0. The topological polar surface area (TPSA) is 99.8 Å². The molecule has 0 saturated heterocycles. The van der Waals surface area contributed by atoms with Gasteiger partial charge in [0.15, 0.2) is 6.10 Å². The number of carboxylic acid groups (broad SMARTS) is 1. The van der Waals surface area contributed by atoms with Crippen LogP contribution in [0.4, 0.5) is 0 Å². The molecule has 100 valence electrons. The molecule has 0 aliphatic carbocycles. The van der Waals surface area contributed by atoms with Crippen molar-refractivity contribution in [3.8, 4) is 0 Å². The molecule has 0 saturated carbocycles. The molecule has 6 nitrogen and oxygen atoms in total. The third kappa shape index (κ3) is 3.89. The molecule has 0 fully saturated rings. The first-order chi connectivity index (χ1) is 8.41. The lowest BCUT2D eigenvalue weighted by atomic mass is 10.1. The van der Waals surface area contributed by atoms with Crippen molar-refractivity contribution in [3.05, 3.63) is 24.2 Å². The minimum atomic E-state index is -1.74. The molecule has 1 rings (SSSR count). The molecular weight excluding hydrogens is 238 g/mol. The Morgan fingerprint density at radius 1 is 1.44 bits per heavy atom. The molecular formula is C12H17NO5. The summed E-state index contributed by atoms with van der Waals surface area (Å²) in [4.78, 5) is 22.4. The fraction of sp³-hybridized carbons (Fsp3) is 0.500. The van der Waals surface area contributed by atoms with Gasteiger partial charge >= 0.3 is 5.97 Å². The Bertz CT molecular complexity index is 399. The molecule has 6 heteroatoms. The van der Waals surface area contributed by atoms with Crippen LogP contribution in [0.25, 0.3) is 0 Å². The van der Waals surface area contributed by atoms with E-state index in [2.05, 4.69) is 5.32 Å². The van der Waals surface area contributed by atoms with Gasteiger partial charge in [-0.05, 0) is 18.1 Å². The average molecular weight is 255 g/mol. The number of nitrogens with one attached hydrogen (secondary N) is 1. The lowest BCUT2D eigenvalue weighted by molar-refractivity contribution is -0.149. The lowest BCUT2D eigenvalue weighted by Crippen LogP contribution is -2.40. The van der Waals surface area contributed by atoms with E-state index in [1.54, 1.807) is 6.07 Å². The minimum absolute atomic E-state index is 0.143. The van der Waals surface area contributed by atoms with Gasteiger partial charge in [0.25, 0.3) is 0 Å². The largest absolute Gasteiger partial charge is 0.479 e. The highest BCUT2D eigenvalue weighted by Crippen LogP contribution is 2.18. The zero-order chi connectivity index (χ0) is 13.7. The number of carbonyl (C=O) groups excluding carboxylic acids is 1. The molecule has 0 unspecified atom stereocenters. The maximum Gasteiger partial charge on any atom is 0.335 e. The first kappa shape index (κ1) is 14.2. The minimum Gasteiger partial charge on any atom is -0.479 e. The molecule has 1 amide bonds. The van der Waals surface area contributed by atoms with E-state index in [0.717, 1.165) is 0 Å². The third-order valence-corrected chi connectivity index (χ3v) is 2.33.